The van der Waals surface area contributed by atoms with Crippen LogP contribution in [-0.4, -0.2) is 36.6 Å². The molecule has 2 saturated heterocycles. The van der Waals surface area contributed by atoms with Gasteiger partial charge in [-0.3, -0.25) is 0 Å². The van der Waals surface area contributed by atoms with Crippen LogP contribution in [0.1, 0.15) is 46.0 Å². The highest BCUT2D eigenvalue weighted by atomic mass is 15.2. The molecule has 0 amide bonds. The summed E-state index contributed by atoms with van der Waals surface area (Å²) in [5.74, 6) is 0.953. The minimum Gasteiger partial charge on any atom is -0.314 e. The highest BCUT2D eigenvalue weighted by molar-refractivity contribution is 4.83. The maximum absolute atomic E-state index is 3.55. The highest BCUT2D eigenvalue weighted by Gasteiger charge is 2.25. The van der Waals surface area contributed by atoms with Gasteiger partial charge < -0.3 is 10.2 Å². The molecule has 0 aromatic rings. The van der Waals surface area contributed by atoms with Gasteiger partial charge in [-0.05, 0) is 64.6 Å². The zero-order valence-corrected chi connectivity index (χ0v) is 10.3. The topological polar surface area (TPSA) is 15.3 Å². The average Bonchev–Trinajstić information content (AvgIpc) is 2.43. The molecule has 3 atom stereocenters. The van der Waals surface area contributed by atoms with E-state index < -0.39 is 0 Å². The molecule has 2 nitrogen and oxygen atoms in total. The van der Waals surface area contributed by atoms with E-state index in [-0.39, 0.29) is 0 Å². The Morgan fingerprint density at radius 3 is 2.73 bits per heavy atom. The van der Waals surface area contributed by atoms with Crippen LogP contribution in [0.5, 0.6) is 0 Å². The van der Waals surface area contributed by atoms with Gasteiger partial charge in [0.2, 0.25) is 0 Å². The van der Waals surface area contributed by atoms with Crippen molar-refractivity contribution in [3.05, 3.63) is 0 Å². The van der Waals surface area contributed by atoms with E-state index in [1.165, 1.54) is 51.7 Å². The van der Waals surface area contributed by atoms with Crippen molar-refractivity contribution in [2.75, 3.05) is 19.6 Å². The van der Waals surface area contributed by atoms with Crippen molar-refractivity contribution in [3.8, 4) is 0 Å². The van der Waals surface area contributed by atoms with Gasteiger partial charge in [0.05, 0.1) is 0 Å². The molecule has 1 N–H and O–H groups in total. The maximum atomic E-state index is 3.55. The van der Waals surface area contributed by atoms with Gasteiger partial charge in [-0.2, -0.15) is 0 Å². The smallest absolute Gasteiger partial charge is 0.0122 e. The van der Waals surface area contributed by atoms with Gasteiger partial charge in [0.25, 0.3) is 0 Å². The molecule has 0 bridgehead atoms. The standard InChI is InChI=1S/C13H26N2/c1-11-4-3-8-15(9-6-11)13-5-7-14-12(2)10-13/h11-14H,3-10H2,1-2H3. The molecule has 2 heteroatoms. The highest BCUT2D eigenvalue weighted by Crippen LogP contribution is 2.22. The molecule has 2 aliphatic heterocycles. The van der Waals surface area contributed by atoms with Gasteiger partial charge in [0.1, 0.15) is 0 Å². The molecule has 0 saturated carbocycles. The summed E-state index contributed by atoms with van der Waals surface area (Å²) in [6, 6.07) is 1.59. The summed E-state index contributed by atoms with van der Waals surface area (Å²) < 4.78 is 0. The van der Waals surface area contributed by atoms with Crippen molar-refractivity contribution in [1.82, 2.24) is 10.2 Å². The van der Waals surface area contributed by atoms with Gasteiger partial charge in [-0.25, -0.2) is 0 Å². The molecule has 3 unspecified atom stereocenters. The van der Waals surface area contributed by atoms with Crippen LogP contribution >= 0.6 is 0 Å². The molecule has 2 fully saturated rings. The maximum Gasteiger partial charge on any atom is 0.0122 e. The zero-order valence-electron chi connectivity index (χ0n) is 10.3. The van der Waals surface area contributed by atoms with Gasteiger partial charge in [0.15, 0.2) is 0 Å². The Hall–Kier alpha value is -0.0800. The Balaban J connectivity index is 1.85. The summed E-state index contributed by atoms with van der Waals surface area (Å²) in [6.07, 6.45) is 6.99. The van der Waals surface area contributed by atoms with E-state index >= 15 is 0 Å². The number of nitrogens with zero attached hydrogens (tertiary/aromatic N) is 1. The van der Waals surface area contributed by atoms with E-state index in [2.05, 4.69) is 24.1 Å². The molecular weight excluding hydrogens is 184 g/mol. The number of piperidine rings is 1. The number of nitrogens with one attached hydrogen (secondary N) is 1. The molecule has 0 aromatic heterocycles. The molecular formula is C13H26N2. The molecule has 0 spiro atoms. The van der Waals surface area contributed by atoms with Crippen molar-refractivity contribution in [2.45, 2.75) is 58.0 Å². The summed E-state index contributed by atoms with van der Waals surface area (Å²) >= 11 is 0. The molecule has 2 rings (SSSR count). The third kappa shape index (κ3) is 3.18. The van der Waals surface area contributed by atoms with Gasteiger partial charge in [0, 0.05) is 12.1 Å². The Kier molecular flexibility index (Phi) is 4.04. The Morgan fingerprint density at radius 2 is 1.93 bits per heavy atom. The van der Waals surface area contributed by atoms with Crippen molar-refractivity contribution >= 4 is 0 Å². The van der Waals surface area contributed by atoms with Crippen LogP contribution in [0.2, 0.25) is 0 Å². The fourth-order valence-corrected chi connectivity index (χ4v) is 3.09. The third-order valence-corrected chi connectivity index (χ3v) is 4.16. The second-order valence-electron chi connectivity index (χ2n) is 5.61. The minimum atomic E-state index is 0.726. The van der Waals surface area contributed by atoms with E-state index in [1.807, 2.05) is 0 Å². The molecule has 0 aromatic carbocycles. The summed E-state index contributed by atoms with van der Waals surface area (Å²) in [5, 5.41) is 3.55. The fourth-order valence-electron chi connectivity index (χ4n) is 3.09. The van der Waals surface area contributed by atoms with E-state index in [4.69, 9.17) is 0 Å². The average molecular weight is 210 g/mol. The van der Waals surface area contributed by atoms with Crippen LogP contribution in [0.3, 0.4) is 0 Å². The van der Waals surface area contributed by atoms with Crippen LogP contribution < -0.4 is 5.32 Å². The van der Waals surface area contributed by atoms with Gasteiger partial charge in [-0.1, -0.05) is 6.92 Å². The van der Waals surface area contributed by atoms with E-state index in [0.29, 0.717) is 0 Å². The van der Waals surface area contributed by atoms with Crippen LogP contribution in [-0.2, 0) is 0 Å². The molecule has 0 aliphatic carbocycles. The zero-order chi connectivity index (χ0) is 10.7. The molecule has 15 heavy (non-hydrogen) atoms. The molecule has 2 heterocycles. The lowest BCUT2D eigenvalue weighted by molar-refractivity contribution is 0.150. The first-order valence-electron chi connectivity index (χ1n) is 6.73. The van der Waals surface area contributed by atoms with Crippen LogP contribution in [0, 0.1) is 5.92 Å². The van der Waals surface area contributed by atoms with Crippen molar-refractivity contribution in [3.63, 3.8) is 0 Å². The summed E-state index contributed by atoms with van der Waals surface area (Å²) in [6.45, 7) is 8.65. The first kappa shape index (κ1) is 11.4. The number of likely N-dealkylation sites (tertiary alicyclic amines) is 1. The molecule has 88 valence electrons. The first-order chi connectivity index (χ1) is 7.25. The van der Waals surface area contributed by atoms with Crippen LogP contribution in [0.4, 0.5) is 0 Å². The van der Waals surface area contributed by atoms with Gasteiger partial charge >= 0.3 is 0 Å². The molecule has 2 aliphatic rings. The Labute approximate surface area is 94.4 Å². The van der Waals surface area contributed by atoms with Crippen molar-refractivity contribution in [2.24, 2.45) is 5.92 Å². The third-order valence-electron chi connectivity index (χ3n) is 4.16. The van der Waals surface area contributed by atoms with E-state index in [0.717, 1.165) is 18.0 Å². The second-order valence-corrected chi connectivity index (χ2v) is 5.61. The first-order valence-corrected chi connectivity index (χ1v) is 6.73. The predicted molar refractivity (Wildman–Crippen MR) is 65.1 cm³/mol. The second kappa shape index (κ2) is 5.31. The molecule has 0 radical (unpaired) electrons. The minimum absolute atomic E-state index is 0.726. The number of hydrogen-bond acceptors (Lipinski definition) is 2. The fraction of sp³-hybridized carbons (Fsp3) is 1.00. The Bertz CT molecular complexity index is 193. The van der Waals surface area contributed by atoms with E-state index in [1.54, 1.807) is 0 Å². The summed E-state index contributed by atoms with van der Waals surface area (Å²) in [7, 11) is 0. The van der Waals surface area contributed by atoms with Crippen LogP contribution in [0.15, 0.2) is 0 Å². The number of hydrogen-bond donors (Lipinski definition) is 1. The van der Waals surface area contributed by atoms with Crippen LogP contribution in [0.25, 0.3) is 0 Å². The lowest BCUT2D eigenvalue weighted by Crippen LogP contribution is -2.47. The number of rotatable bonds is 1. The summed E-state index contributed by atoms with van der Waals surface area (Å²) in [5.41, 5.74) is 0. The lowest BCUT2D eigenvalue weighted by atomic mass is 9.98. The predicted octanol–water partition coefficient (Wildman–Crippen LogP) is 2.25. The summed E-state index contributed by atoms with van der Waals surface area (Å²) in [4.78, 5) is 2.76. The Morgan fingerprint density at radius 1 is 1.07 bits per heavy atom. The van der Waals surface area contributed by atoms with E-state index in [9.17, 15) is 0 Å². The van der Waals surface area contributed by atoms with Gasteiger partial charge in [-0.15, -0.1) is 0 Å². The van der Waals surface area contributed by atoms with Crippen molar-refractivity contribution in [1.29, 1.82) is 0 Å². The lowest BCUT2D eigenvalue weighted by Gasteiger charge is -2.36. The largest absolute Gasteiger partial charge is 0.314 e. The van der Waals surface area contributed by atoms with Crippen molar-refractivity contribution < 1.29 is 0 Å². The quantitative estimate of drug-likeness (QED) is 0.714. The SMILES string of the molecule is CC1CCCN(C2CCNC(C)C2)CC1. The monoisotopic (exact) mass is 210 g/mol. The normalized spacial score (nSPS) is 40.0.